The average molecular weight is 365 g/mol. The third kappa shape index (κ3) is 4.18. The molecule has 0 amide bonds. The molecule has 0 saturated carbocycles. The minimum absolute atomic E-state index is 0.238. The molecular formula is C24H32N2O. The first-order chi connectivity index (χ1) is 12.9. The number of benzene rings is 2. The van der Waals surface area contributed by atoms with Crippen molar-refractivity contribution in [2.75, 3.05) is 11.9 Å². The lowest BCUT2D eigenvalue weighted by Crippen LogP contribution is -2.13. The van der Waals surface area contributed by atoms with Gasteiger partial charge in [0.15, 0.2) is 0 Å². The third-order valence-corrected chi connectivity index (χ3v) is 5.23. The van der Waals surface area contributed by atoms with Crippen molar-refractivity contribution in [3.63, 3.8) is 0 Å². The van der Waals surface area contributed by atoms with Crippen LogP contribution in [-0.2, 0) is 4.74 Å². The minimum atomic E-state index is 0.238. The highest BCUT2D eigenvalue weighted by Crippen LogP contribution is 2.35. The van der Waals surface area contributed by atoms with E-state index in [1.54, 1.807) is 0 Å². The number of anilines is 2. The summed E-state index contributed by atoms with van der Waals surface area (Å²) in [5.74, 6) is 2.13. The highest BCUT2D eigenvalue weighted by molar-refractivity contribution is 6.01. The molecule has 0 bridgehead atoms. The Hall–Kier alpha value is -2.29. The fraction of sp³-hybridized carbons (Fsp3) is 0.458. The topological polar surface area (TPSA) is 33.6 Å². The zero-order valence-corrected chi connectivity index (χ0v) is 17.4. The summed E-state index contributed by atoms with van der Waals surface area (Å²) in [6.07, 6.45) is 0. The van der Waals surface area contributed by atoms with Crippen molar-refractivity contribution in [1.29, 1.82) is 0 Å². The molecule has 0 aromatic heterocycles. The largest absolute Gasteiger partial charge is 0.475 e. The number of para-hydroxylation sites is 2. The standard InChI is InChI=1S/C24H32N2O/c1-15(2)18-11-9-12-19(16(3)4)23(18)25-21-13-8-7-10-20(21)24-26-22(14-27-24)17(5)6/h7-13,15-17,22,25H,14H2,1-6H3/t22-/m1/s1. The summed E-state index contributed by atoms with van der Waals surface area (Å²) in [6.45, 7) is 14.0. The number of rotatable bonds is 6. The van der Waals surface area contributed by atoms with Crippen molar-refractivity contribution in [3.05, 3.63) is 59.2 Å². The maximum atomic E-state index is 5.96. The number of hydrogen-bond acceptors (Lipinski definition) is 3. The van der Waals surface area contributed by atoms with Crippen LogP contribution in [0, 0.1) is 5.92 Å². The van der Waals surface area contributed by atoms with Crippen LogP contribution in [0.1, 0.15) is 70.1 Å². The minimum Gasteiger partial charge on any atom is -0.475 e. The van der Waals surface area contributed by atoms with Gasteiger partial charge in [-0.05, 0) is 41.0 Å². The van der Waals surface area contributed by atoms with Crippen molar-refractivity contribution >= 4 is 17.3 Å². The Morgan fingerprint density at radius 2 is 1.52 bits per heavy atom. The molecule has 0 saturated heterocycles. The first kappa shape index (κ1) is 19.5. The van der Waals surface area contributed by atoms with Gasteiger partial charge in [-0.2, -0.15) is 0 Å². The van der Waals surface area contributed by atoms with Crippen LogP contribution < -0.4 is 5.32 Å². The molecule has 0 aliphatic carbocycles. The zero-order valence-electron chi connectivity index (χ0n) is 17.4. The lowest BCUT2D eigenvalue weighted by Gasteiger charge is -2.22. The van der Waals surface area contributed by atoms with E-state index in [9.17, 15) is 0 Å². The van der Waals surface area contributed by atoms with Crippen LogP contribution in [0.2, 0.25) is 0 Å². The zero-order chi connectivity index (χ0) is 19.6. The molecule has 0 radical (unpaired) electrons. The van der Waals surface area contributed by atoms with Gasteiger partial charge >= 0.3 is 0 Å². The highest BCUT2D eigenvalue weighted by Gasteiger charge is 2.24. The molecule has 1 N–H and O–H groups in total. The maximum absolute atomic E-state index is 5.96. The molecule has 2 aromatic carbocycles. The van der Waals surface area contributed by atoms with Crippen molar-refractivity contribution in [2.45, 2.75) is 59.4 Å². The first-order valence-corrected chi connectivity index (χ1v) is 10.1. The van der Waals surface area contributed by atoms with Gasteiger partial charge in [-0.3, -0.25) is 0 Å². The van der Waals surface area contributed by atoms with Crippen molar-refractivity contribution in [3.8, 4) is 0 Å². The smallest absolute Gasteiger partial charge is 0.218 e. The number of aliphatic imine (C=N–C) groups is 1. The second-order valence-electron chi connectivity index (χ2n) is 8.35. The third-order valence-electron chi connectivity index (χ3n) is 5.23. The molecule has 1 aliphatic rings. The van der Waals surface area contributed by atoms with E-state index in [2.05, 4.69) is 83.3 Å². The van der Waals surface area contributed by atoms with Gasteiger partial charge in [0.05, 0.1) is 17.3 Å². The molecule has 27 heavy (non-hydrogen) atoms. The monoisotopic (exact) mass is 364 g/mol. The van der Waals surface area contributed by atoms with E-state index in [4.69, 9.17) is 9.73 Å². The SMILES string of the molecule is CC(C)c1cccc(C(C)C)c1Nc1ccccc1C1=N[C@@H](C(C)C)CO1. The Bertz CT molecular complexity index is 795. The van der Waals surface area contributed by atoms with Crippen LogP contribution in [0.15, 0.2) is 47.5 Å². The lowest BCUT2D eigenvalue weighted by molar-refractivity contribution is 0.292. The summed E-state index contributed by atoms with van der Waals surface area (Å²) in [7, 11) is 0. The van der Waals surface area contributed by atoms with Gasteiger partial charge < -0.3 is 10.1 Å². The van der Waals surface area contributed by atoms with E-state index < -0.39 is 0 Å². The number of ether oxygens (including phenoxy) is 1. The Morgan fingerprint density at radius 1 is 0.889 bits per heavy atom. The molecule has 3 rings (SSSR count). The normalized spacial score (nSPS) is 16.8. The van der Waals surface area contributed by atoms with Gasteiger partial charge in [-0.1, -0.05) is 71.9 Å². The lowest BCUT2D eigenvalue weighted by atomic mass is 9.92. The van der Waals surface area contributed by atoms with E-state index in [0.29, 0.717) is 24.4 Å². The second kappa shape index (κ2) is 8.16. The highest BCUT2D eigenvalue weighted by atomic mass is 16.5. The number of nitrogens with one attached hydrogen (secondary N) is 1. The molecule has 1 aliphatic heterocycles. The quantitative estimate of drug-likeness (QED) is 0.636. The van der Waals surface area contributed by atoms with Crippen LogP contribution in [0.4, 0.5) is 11.4 Å². The Morgan fingerprint density at radius 3 is 2.07 bits per heavy atom. The van der Waals surface area contributed by atoms with E-state index in [1.165, 1.54) is 16.8 Å². The first-order valence-electron chi connectivity index (χ1n) is 10.1. The summed E-state index contributed by atoms with van der Waals surface area (Å²) in [4.78, 5) is 4.83. The van der Waals surface area contributed by atoms with Crippen molar-refractivity contribution in [1.82, 2.24) is 0 Å². The maximum Gasteiger partial charge on any atom is 0.218 e. The van der Waals surface area contributed by atoms with E-state index in [0.717, 1.165) is 17.1 Å². The molecule has 1 heterocycles. The average Bonchev–Trinajstić information content (AvgIpc) is 3.12. The van der Waals surface area contributed by atoms with Crippen LogP contribution in [0.3, 0.4) is 0 Å². The molecule has 144 valence electrons. The van der Waals surface area contributed by atoms with Crippen LogP contribution in [0.25, 0.3) is 0 Å². The molecule has 2 aromatic rings. The summed E-state index contributed by atoms with van der Waals surface area (Å²) in [6, 6.07) is 15.2. The molecule has 0 unspecified atom stereocenters. The van der Waals surface area contributed by atoms with E-state index >= 15 is 0 Å². The van der Waals surface area contributed by atoms with Gasteiger partial charge in [0, 0.05) is 5.69 Å². The number of hydrogen-bond donors (Lipinski definition) is 1. The fourth-order valence-corrected chi connectivity index (χ4v) is 3.49. The predicted molar refractivity (Wildman–Crippen MR) is 115 cm³/mol. The summed E-state index contributed by atoms with van der Waals surface area (Å²) in [5.41, 5.74) is 5.98. The van der Waals surface area contributed by atoms with Crippen LogP contribution >= 0.6 is 0 Å². The molecular weight excluding hydrogens is 332 g/mol. The molecule has 1 atom stereocenters. The Labute approximate surface area is 163 Å². The van der Waals surface area contributed by atoms with Crippen molar-refractivity contribution < 1.29 is 4.74 Å². The van der Waals surface area contributed by atoms with Crippen molar-refractivity contribution in [2.24, 2.45) is 10.9 Å². The van der Waals surface area contributed by atoms with Gasteiger partial charge in [0.2, 0.25) is 5.90 Å². The molecule has 3 nitrogen and oxygen atoms in total. The van der Waals surface area contributed by atoms with Crippen LogP contribution in [-0.4, -0.2) is 18.5 Å². The number of nitrogens with zero attached hydrogens (tertiary/aromatic N) is 1. The Balaban J connectivity index is 2.02. The van der Waals surface area contributed by atoms with Gasteiger partial charge in [-0.15, -0.1) is 0 Å². The van der Waals surface area contributed by atoms with Gasteiger partial charge in [0.25, 0.3) is 0 Å². The van der Waals surface area contributed by atoms with Gasteiger partial charge in [0.1, 0.15) is 6.61 Å². The summed E-state index contributed by atoms with van der Waals surface area (Å²) in [5, 5.41) is 3.73. The Kier molecular flexibility index (Phi) is 5.88. The van der Waals surface area contributed by atoms with Crippen LogP contribution in [0.5, 0.6) is 0 Å². The second-order valence-corrected chi connectivity index (χ2v) is 8.35. The molecule has 0 spiro atoms. The summed E-state index contributed by atoms with van der Waals surface area (Å²) < 4.78 is 5.96. The van der Waals surface area contributed by atoms with E-state index in [-0.39, 0.29) is 6.04 Å². The van der Waals surface area contributed by atoms with E-state index in [1.807, 2.05) is 6.07 Å². The molecule has 3 heteroatoms. The predicted octanol–water partition coefficient (Wildman–Crippen LogP) is 6.48. The molecule has 0 fully saturated rings. The summed E-state index contributed by atoms with van der Waals surface area (Å²) >= 11 is 0. The van der Waals surface area contributed by atoms with Gasteiger partial charge in [-0.25, -0.2) is 4.99 Å². The fourth-order valence-electron chi connectivity index (χ4n) is 3.49.